The Morgan fingerprint density at radius 3 is 2.89 bits per heavy atom. The fourth-order valence-corrected chi connectivity index (χ4v) is 2.42. The van der Waals surface area contributed by atoms with Crippen molar-refractivity contribution in [2.24, 2.45) is 0 Å². The maximum absolute atomic E-state index is 12.0. The molecule has 1 unspecified atom stereocenters. The van der Waals surface area contributed by atoms with E-state index in [1.165, 1.54) is 12.8 Å². The van der Waals surface area contributed by atoms with Gasteiger partial charge >= 0.3 is 0 Å². The smallest absolute Gasteiger partial charge is 0.227 e. The Morgan fingerprint density at radius 1 is 1.44 bits per heavy atom. The lowest BCUT2D eigenvalue weighted by atomic mass is 10.0. The van der Waals surface area contributed by atoms with E-state index in [1.807, 2.05) is 37.3 Å². The molecule has 1 aromatic carbocycles. The predicted octanol–water partition coefficient (Wildman–Crippen LogP) is 2.05. The fourth-order valence-electron chi connectivity index (χ4n) is 2.42. The normalized spacial score (nSPS) is 20.6. The van der Waals surface area contributed by atoms with E-state index in [0.29, 0.717) is 6.04 Å². The van der Waals surface area contributed by atoms with Gasteiger partial charge in [0.05, 0.1) is 5.92 Å². The van der Waals surface area contributed by atoms with Gasteiger partial charge in [-0.15, -0.1) is 0 Å². The number of amides is 1. The van der Waals surface area contributed by atoms with Gasteiger partial charge in [0.2, 0.25) is 5.91 Å². The summed E-state index contributed by atoms with van der Waals surface area (Å²) in [6.07, 6.45) is 3.54. The van der Waals surface area contributed by atoms with Gasteiger partial charge in [-0.2, -0.15) is 0 Å². The Labute approximate surface area is 109 Å². The van der Waals surface area contributed by atoms with E-state index in [0.717, 1.165) is 25.1 Å². The van der Waals surface area contributed by atoms with Gasteiger partial charge < -0.3 is 10.6 Å². The van der Waals surface area contributed by atoms with Crippen molar-refractivity contribution in [2.45, 2.75) is 38.1 Å². The van der Waals surface area contributed by atoms with Crippen molar-refractivity contribution < 1.29 is 4.79 Å². The molecule has 1 aliphatic heterocycles. The first-order valence-corrected chi connectivity index (χ1v) is 6.83. The quantitative estimate of drug-likeness (QED) is 0.835. The number of carbonyl (C=O) groups is 1. The Hall–Kier alpha value is -1.35. The molecule has 0 spiro atoms. The van der Waals surface area contributed by atoms with Crippen LogP contribution in [-0.2, 0) is 4.79 Å². The highest BCUT2D eigenvalue weighted by Crippen LogP contribution is 2.14. The van der Waals surface area contributed by atoms with E-state index < -0.39 is 0 Å². The van der Waals surface area contributed by atoms with Gasteiger partial charge in [-0.3, -0.25) is 4.79 Å². The number of hydrogen-bond donors (Lipinski definition) is 2. The zero-order valence-electron chi connectivity index (χ0n) is 11.0. The maximum atomic E-state index is 12.0. The molecule has 0 radical (unpaired) electrons. The van der Waals surface area contributed by atoms with Gasteiger partial charge in [0.1, 0.15) is 0 Å². The molecule has 1 saturated heterocycles. The average Bonchev–Trinajstić information content (AvgIpc) is 2.92. The summed E-state index contributed by atoms with van der Waals surface area (Å²) in [4.78, 5) is 12.0. The van der Waals surface area contributed by atoms with E-state index in [4.69, 9.17) is 0 Å². The number of carbonyl (C=O) groups excluding carboxylic acids is 1. The van der Waals surface area contributed by atoms with Crippen molar-refractivity contribution in [2.75, 3.05) is 13.1 Å². The second-order valence-corrected chi connectivity index (χ2v) is 5.01. The lowest BCUT2D eigenvalue weighted by molar-refractivity contribution is -0.122. The van der Waals surface area contributed by atoms with Gasteiger partial charge in [-0.1, -0.05) is 30.3 Å². The van der Waals surface area contributed by atoms with E-state index in [2.05, 4.69) is 10.6 Å². The SMILES string of the molecule is CC(C(=O)NCC[C@H]1CCCN1)c1ccccc1. The molecule has 0 saturated carbocycles. The van der Waals surface area contributed by atoms with Crippen molar-refractivity contribution >= 4 is 5.91 Å². The molecule has 98 valence electrons. The van der Waals surface area contributed by atoms with Crippen molar-refractivity contribution in [1.29, 1.82) is 0 Å². The predicted molar refractivity (Wildman–Crippen MR) is 73.5 cm³/mol. The van der Waals surface area contributed by atoms with Crippen LogP contribution in [0.25, 0.3) is 0 Å². The minimum Gasteiger partial charge on any atom is -0.356 e. The second-order valence-electron chi connectivity index (χ2n) is 5.01. The van der Waals surface area contributed by atoms with Gasteiger partial charge in [-0.25, -0.2) is 0 Å². The summed E-state index contributed by atoms with van der Waals surface area (Å²) in [5.41, 5.74) is 1.08. The highest BCUT2D eigenvalue weighted by molar-refractivity contribution is 5.83. The molecular formula is C15H22N2O. The third-order valence-electron chi connectivity index (χ3n) is 3.65. The topological polar surface area (TPSA) is 41.1 Å². The van der Waals surface area contributed by atoms with Crippen molar-refractivity contribution in [1.82, 2.24) is 10.6 Å². The highest BCUT2D eigenvalue weighted by atomic mass is 16.1. The van der Waals surface area contributed by atoms with Crippen LogP contribution in [0.1, 0.15) is 37.7 Å². The van der Waals surface area contributed by atoms with E-state index >= 15 is 0 Å². The molecular weight excluding hydrogens is 224 g/mol. The minimum absolute atomic E-state index is 0.0669. The van der Waals surface area contributed by atoms with Crippen LogP contribution in [0.2, 0.25) is 0 Å². The number of nitrogens with one attached hydrogen (secondary N) is 2. The van der Waals surface area contributed by atoms with Gasteiger partial charge in [0, 0.05) is 12.6 Å². The lowest BCUT2D eigenvalue weighted by Gasteiger charge is -2.14. The summed E-state index contributed by atoms with van der Waals surface area (Å²) in [5, 5.41) is 6.47. The Kier molecular flexibility index (Phi) is 4.76. The molecule has 3 heteroatoms. The molecule has 2 rings (SSSR count). The summed E-state index contributed by atoms with van der Waals surface area (Å²) >= 11 is 0. The molecule has 1 aliphatic rings. The van der Waals surface area contributed by atoms with Crippen LogP contribution >= 0.6 is 0 Å². The lowest BCUT2D eigenvalue weighted by Crippen LogP contribution is -2.32. The fraction of sp³-hybridized carbons (Fsp3) is 0.533. The zero-order valence-corrected chi connectivity index (χ0v) is 11.0. The monoisotopic (exact) mass is 246 g/mol. The van der Waals surface area contributed by atoms with E-state index in [1.54, 1.807) is 0 Å². The van der Waals surface area contributed by atoms with Crippen LogP contribution in [-0.4, -0.2) is 25.0 Å². The summed E-state index contributed by atoms with van der Waals surface area (Å²) in [7, 11) is 0. The molecule has 1 heterocycles. The third kappa shape index (κ3) is 3.57. The summed E-state index contributed by atoms with van der Waals surface area (Å²) in [6, 6.07) is 10.5. The third-order valence-corrected chi connectivity index (χ3v) is 3.65. The standard InChI is InChI=1S/C15H22N2O/c1-12(13-6-3-2-4-7-13)15(18)17-11-9-14-8-5-10-16-14/h2-4,6-7,12,14,16H,5,8-11H2,1H3,(H,17,18)/t12?,14-/m1/s1. The van der Waals surface area contributed by atoms with Crippen LogP contribution < -0.4 is 10.6 Å². The van der Waals surface area contributed by atoms with Crippen LogP contribution in [0.3, 0.4) is 0 Å². The molecule has 1 aromatic rings. The van der Waals surface area contributed by atoms with Gasteiger partial charge in [0.15, 0.2) is 0 Å². The van der Waals surface area contributed by atoms with Crippen LogP contribution in [0.15, 0.2) is 30.3 Å². The Balaban J connectivity index is 1.74. The van der Waals surface area contributed by atoms with Crippen molar-refractivity contribution in [3.8, 4) is 0 Å². The van der Waals surface area contributed by atoms with Crippen LogP contribution in [0, 0.1) is 0 Å². The molecule has 0 bridgehead atoms. The van der Waals surface area contributed by atoms with Gasteiger partial charge in [0.25, 0.3) is 0 Å². The summed E-state index contributed by atoms with van der Waals surface area (Å²) in [5.74, 6) is 0.0573. The zero-order chi connectivity index (χ0) is 12.8. The van der Waals surface area contributed by atoms with Crippen LogP contribution in [0.5, 0.6) is 0 Å². The number of rotatable bonds is 5. The molecule has 3 nitrogen and oxygen atoms in total. The number of hydrogen-bond acceptors (Lipinski definition) is 2. The first kappa shape index (κ1) is 13.1. The first-order valence-electron chi connectivity index (χ1n) is 6.83. The first-order chi connectivity index (χ1) is 8.77. The largest absolute Gasteiger partial charge is 0.356 e. The Bertz CT molecular complexity index is 371. The molecule has 0 aliphatic carbocycles. The molecule has 1 amide bonds. The Morgan fingerprint density at radius 2 is 2.22 bits per heavy atom. The van der Waals surface area contributed by atoms with Gasteiger partial charge in [-0.05, 0) is 38.3 Å². The molecule has 18 heavy (non-hydrogen) atoms. The highest BCUT2D eigenvalue weighted by Gasteiger charge is 2.16. The molecule has 2 N–H and O–H groups in total. The molecule has 1 fully saturated rings. The summed E-state index contributed by atoms with van der Waals surface area (Å²) < 4.78 is 0. The molecule has 2 atom stereocenters. The van der Waals surface area contributed by atoms with E-state index in [9.17, 15) is 4.79 Å². The van der Waals surface area contributed by atoms with Crippen molar-refractivity contribution in [3.63, 3.8) is 0 Å². The summed E-state index contributed by atoms with van der Waals surface area (Å²) in [6.45, 7) is 3.85. The van der Waals surface area contributed by atoms with Crippen LogP contribution in [0.4, 0.5) is 0 Å². The minimum atomic E-state index is -0.0669. The van der Waals surface area contributed by atoms with Crippen molar-refractivity contribution in [3.05, 3.63) is 35.9 Å². The molecule has 0 aromatic heterocycles. The van der Waals surface area contributed by atoms with E-state index in [-0.39, 0.29) is 11.8 Å². The number of benzene rings is 1. The second kappa shape index (κ2) is 6.55. The average molecular weight is 246 g/mol. The maximum Gasteiger partial charge on any atom is 0.227 e.